The molecular weight excluding hydrogens is 392 g/mol. The molecule has 0 bridgehead atoms. The second-order valence-electron chi connectivity index (χ2n) is 7.41. The van der Waals surface area contributed by atoms with E-state index in [1.807, 2.05) is 31.2 Å². The van der Waals surface area contributed by atoms with E-state index in [4.69, 9.17) is 9.15 Å². The smallest absolute Gasteiger partial charge is 0.273 e. The van der Waals surface area contributed by atoms with E-state index in [2.05, 4.69) is 46.2 Å². The first-order valence-electron chi connectivity index (χ1n) is 10.7. The SMILES string of the molecule is CCOc1ccc(CN(Cc2nc(C(=O)NCc3cccnc3)co2)C(C)CC)cc1. The molecule has 31 heavy (non-hydrogen) atoms. The Labute approximate surface area is 183 Å². The molecule has 0 radical (unpaired) electrons. The Kier molecular flexibility index (Phi) is 8.18. The molecule has 0 aliphatic carbocycles. The fourth-order valence-electron chi connectivity index (χ4n) is 3.16. The van der Waals surface area contributed by atoms with Crippen LogP contribution in [0.4, 0.5) is 0 Å². The van der Waals surface area contributed by atoms with Crippen LogP contribution in [0.15, 0.2) is 59.5 Å². The number of amides is 1. The molecule has 1 N–H and O–H groups in total. The van der Waals surface area contributed by atoms with Crippen molar-refractivity contribution in [3.63, 3.8) is 0 Å². The minimum atomic E-state index is -0.263. The zero-order chi connectivity index (χ0) is 22.1. The second kappa shape index (κ2) is 11.3. The third-order valence-corrected chi connectivity index (χ3v) is 5.13. The number of hydrogen-bond acceptors (Lipinski definition) is 6. The second-order valence-corrected chi connectivity index (χ2v) is 7.41. The maximum Gasteiger partial charge on any atom is 0.273 e. The number of rotatable bonds is 11. The van der Waals surface area contributed by atoms with E-state index >= 15 is 0 Å². The summed E-state index contributed by atoms with van der Waals surface area (Å²) in [5.41, 5.74) is 2.40. The van der Waals surface area contributed by atoms with Gasteiger partial charge in [-0.1, -0.05) is 25.1 Å². The van der Waals surface area contributed by atoms with Crippen molar-refractivity contribution in [2.45, 2.75) is 52.9 Å². The number of ether oxygens (including phenoxy) is 1. The van der Waals surface area contributed by atoms with Crippen molar-refractivity contribution >= 4 is 5.91 Å². The highest BCUT2D eigenvalue weighted by Crippen LogP contribution is 2.18. The van der Waals surface area contributed by atoms with Crippen molar-refractivity contribution in [1.82, 2.24) is 20.2 Å². The summed E-state index contributed by atoms with van der Waals surface area (Å²) in [5.74, 6) is 1.13. The lowest BCUT2D eigenvalue weighted by molar-refractivity contribution is 0.0945. The molecule has 0 aliphatic heterocycles. The third kappa shape index (κ3) is 6.65. The number of aromatic nitrogens is 2. The number of benzene rings is 1. The molecule has 0 saturated carbocycles. The minimum Gasteiger partial charge on any atom is -0.494 e. The van der Waals surface area contributed by atoms with Crippen LogP contribution in [0.5, 0.6) is 5.75 Å². The number of oxazole rings is 1. The predicted molar refractivity (Wildman–Crippen MR) is 119 cm³/mol. The maximum atomic E-state index is 12.4. The van der Waals surface area contributed by atoms with Crippen LogP contribution in [-0.2, 0) is 19.6 Å². The normalized spacial score (nSPS) is 12.0. The Balaban J connectivity index is 1.61. The molecule has 164 valence electrons. The Morgan fingerprint density at radius 1 is 1.16 bits per heavy atom. The molecule has 7 heteroatoms. The van der Waals surface area contributed by atoms with Gasteiger partial charge < -0.3 is 14.5 Å². The van der Waals surface area contributed by atoms with Crippen molar-refractivity contribution in [1.29, 1.82) is 0 Å². The lowest BCUT2D eigenvalue weighted by atomic mass is 10.1. The van der Waals surface area contributed by atoms with Crippen molar-refractivity contribution in [3.8, 4) is 5.75 Å². The largest absolute Gasteiger partial charge is 0.494 e. The van der Waals surface area contributed by atoms with E-state index in [1.165, 1.54) is 11.8 Å². The molecule has 1 amide bonds. The van der Waals surface area contributed by atoms with Gasteiger partial charge in [0.1, 0.15) is 12.0 Å². The van der Waals surface area contributed by atoms with Gasteiger partial charge in [0, 0.05) is 31.5 Å². The highest BCUT2D eigenvalue weighted by atomic mass is 16.5. The Morgan fingerprint density at radius 2 is 1.97 bits per heavy atom. The van der Waals surface area contributed by atoms with Gasteiger partial charge in [0.05, 0.1) is 13.2 Å². The molecule has 2 aromatic heterocycles. The Hall–Kier alpha value is -3.19. The molecule has 1 atom stereocenters. The van der Waals surface area contributed by atoms with Crippen LogP contribution in [-0.4, -0.2) is 33.4 Å². The van der Waals surface area contributed by atoms with Crippen LogP contribution in [0.25, 0.3) is 0 Å². The summed E-state index contributed by atoms with van der Waals surface area (Å²) in [4.78, 5) is 23.1. The van der Waals surface area contributed by atoms with Gasteiger partial charge in [0.25, 0.3) is 5.91 Å². The molecule has 0 fully saturated rings. The predicted octanol–water partition coefficient (Wildman–Crippen LogP) is 4.20. The van der Waals surface area contributed by atoms with Crippen LogP contribution in [0.2, 0.25) is 0 Å². The number of nitrogens with zero attached hydrogens (tertiary/aromatic N) is 3. The Morgan fingerprint density at radius 3 is 2.65 bits per heavy atom. The fraction of sp³-hybridized carbons (Fsp3) is 0.375. The summed E-state index contributed by atoms with van der Waals surface area (Å²) in [6.07, 6.45) is 5.83. The Bertz CT molecular complexity index is 941. The zero-order valence-electron chi connectivity index (χ0n) is 18.4. The first kappa shape index (κ1) is 22.5. The summed E-state index contributed by atoms with van der Waals surface area (Å²) in [5, 5.41) is 2.84. The summed E-state index contributed by atoms with van der Waals surface area (Å²) in [7, 11) is 0. The molecule has 3 rings (SSSR count). The first-order valence-corrected chi connectivity index (χ1v) is 10.7. The number of carbonyl (C=O) groups excluding carboxylic acids is 1. The van der Waals surface area contributed by atoms with Gasteiger partial charge in [0.2, 0.25) is 5.89 Å². The lowest BCUT2D eigenvalue weighted by Gasteiger charge is -2.27. The van der Waals surface area contributed by atoms with Crippen LogP contribution in [0.1, 0.15) is 54.7 Å². The van der Waals surface area contributed by atoms with Crippen molar-refractivity contribution < 1.29 is 13.9 Å². The highest BCUT2D eigenvalue weighted by Gasteiger charge is 2.18. The topological polar surface area (TPSA) is 80.5 Å². The van der Waals surface area contributed by atoms with E-state index in [9.17, 15) is 4.79 Å². The van der Waals surface area contributed by atoms with Crippen molar-refractivity contribution in [2.24, 2.45) is 0 Å². The molecule has 1 aromatic carbocycles. The molecule has 0 spiro atoms. The average molecular weight is 423 g/mol. The van der Waals surface area contributed by atoms with Crippen LogP contribution < -0.4 is 10.1 Å². The quantitative estimate of drug-likeness (QED) is 0.499. The minimum absolute atomic E-state index is 0.263. The fourth-order valence-corrected chi connectivity index (χ4v) is 3.16. The number of pyridine rings is 1. The summed E-state index contributed by atoms with van der Waals surface area (Å²) in [6, 6.07) is 12.2. The molecule has 7 nitrogen and oxygen atoms in total. The van der Waals surface area contributed by atoms with Crippen molar-refractivity contribution in [2.75, 3.05) is 6.61 Å². The van der Waals surface area contributed by atoms with E-state index < -0.39 is 0 Å². The molecule has 1 unspecified atom stereocenters. The zero-order valence-corrected chi connectivity index (χ0v) is 18.4. The molecule has 3 aromatic rings. The summed E-state index contributed by atoms with van der Waals surface area (Å²) < 4.78 is 11.1. The van der Waals surface area contributed by atoms with Crippen LogP contribution in [0.3, 0.4) is 0 Å². The third-order valence-electron chi connectivity index (χ3n) is 5.13. The van der Waals surface area contributed by atoms with Gasteiger partial charge in [-0.05, 0) is 49.6 Å². The average Bonchev–Trinajstić information content (AvgIpc) is 3.27. The van der Waals surface area contributed by atoms with Gasteiger partial charge in [-0.2, -0.15) is 0 Å². The lowest BCUT2D eigenvalue weighted by Crippen LogP contribution is -2.31. The number of carbonyl (C=O) groups is 1. The van der Waals surface area contributed by atoms with Crippen molar-refractivity contribution in [3.05, 3.63) is 77.8 Å². The maximum absolute atomic E-state index is 12.4. The molecule has 0 saturated heterocycles. The number of nitrogens with one attached hydrogen (secondary N) is 1. The van der Waals surface area contributed by atoms with Gasteiger partial charge >= 0.3 is 0 Å². The summed E-state index contributed by atoms with van der Waals surface area (Å²) >= 11 is 0. The van der Waals surface area contributed by atoms with Gasteiger partial charge in [-0.15, -0.1) is 0 Å². The molecular formula is C24H30N4O3. The van der Waals surface area contributed by atoms with E-state index in [0.717, 1.165) is 24.3 Å². The highest BCUT2D eigenvalue weighted by molar-refractivity contribution is 5.91. The van der Waals surface area contributed by atoms with E-state index in [-0.39, 0.29) is 11.6 Å². The standard InChI is InChI=1S/C24H30N4O3/c1-4-18(3)28(15-19-8-10-21(11-9-19)30-5-2)16-23-27-22(17-31-23)24(29)26-14-20-7-6-12-25-13-20/h6-13,17-18H,4-5,14-16H2,1-3H3,(H,26,29). The molecule has 0 aliphatic rings. The van der Waals surface area contributed by atoms with Crippen LogP contribution in [0, 0.1) is 0 Å². The van der Waals surface area contributed by atoms with Crippen LogP contribution >= 0.6 is 0 Å². The van der Waals surface area contributed by atoms with E-state index in [0.29, 0.717) is 31.6 Å². The van der Waals surface area contributed by atoms with E-state index in [1.54, 1.807) is 12.4 Å². The molecule has 2 heterocycles. The number of hydrogen-bond donors (Lipinski definition) is 1. The first-order chi connectivity index (χ1) is 15.1. The van der Waals surface area contributed by atoms with Gasteiger partial charge in [0.15, 0.2) is 5.69 Å². The van der Waals surface area contributed by atoms with Gasteiger partial charge in [-0.25, -0.2) is 4.98 Å². The van der Waals surface area contributed by atoms with Gasteiger partial charge in [-0.3, -0.25) is 14.7 Å². The summed E-state index contributed by atoms with van der Waals surface area (Å²) in [6.45, 7) is 8.64. The monoisotopic (exact) mass is 422 g/mol.